The molecule has 2 aromatic carbocycles. The number of amides is 1. The fourth-order valence-corrected chi connectivity index (χ4v) is 5.09. The minimum atomic E-state index is -1.03. The quantitative estimate of drug-likeness (QED) is 0.170. The number of imidazole rings is 1. The van der Waals surface area contributed by atoms with Crippen molar-refractivity contribution in [3.05, 3.63) is 76.9 Å². The van der Waals surface area contributed by atoms with Crippen LogP contribution in [-0.2, 0) is 38.5 Å². The molecule has 4 rings (SSSR count). The zero-order valence-electron chi connectivity index (χ0n) is 26.7. The van der Waals surface area contributed by atoms with Crippen molar-refractivity contribution in [3.63, 3.8) is 0 Å². The second-order valence-corrected chi connectivity index (χ2v) is 10.9. The zero-order valence-corrected chi connectivity index (χ0v) is 26.7. The number of allylic oxidation sites excluding steroid dienone is 1. The summed E-state index contributed by atoms with van der Waals surface area (Å²) in [7, 11) is 3.07. The number of nitrogens with zero attached hydrogens (tertiary/aromatic N) is 3. The molecule has 0 spiro atoms. The molecule has 0 saturated heterocycles. The topological polar surface area (TPSA) is 118 Å². The van der Waals surface area contributed by atoms with Gasteiger partial charge in [0.15, 0.2) is 11.5 Å². The predicted molar refractivity (Wildman–Crippen MR) is 171 cm³/mol. The molecular formula is C35H41N3O7. The highest BCUT2D eigenvalue weighted by atomic mass is 16.6. The molecule has 0 bridgehead atoms. The van der Waals surface area contributed by atoms with E-state index in [4.69, 9.17) is 23.9 Å². The first-order valence-corrected chi connectivity index (χ1v) is 15.2. The summed E-state index contributed by atoms with van der Waals surface area (Å²) in [4.78, 5) is 46.1. The molecule has 3 unspecified atom stereocenters. The van der Waals surface area contributed by atoms with Crippen molar-refractivity contribution < 1.29 is 33.3 Å². The highest BCUT2D eigenvalue weighted by Gasteiger charge is 2.29. The van der Waals surface area contributed by atoms with Gasteiger partial charge in [-0.3, -0.25) is 4.79 Å². The van der Waals surface area contributed by atoms with Crippen LogP contribution in [0.3, 0.4) is 0 Å². The Kier molecular flexibility index (Phi) is 11.3. The van der Waals surface area contributed by atoms with Crippen LogP contribution >= 0.6 is 0 Å². The summed E-state index contributed by atoms with van der Waals surface area (Å²) in [6.07, 6.45) is 5.52. The fourth-order valence-electron chi connectivity index (χ4n) is 5.09. The number of aromatic nitrogens is 2. The molecule has 1 heterocycles. The van der Waals surface area contributed by atoms with Gasteiger partial charge in [-0.25, -0.2) is 14.8 Å². The van der Waals surface area contributed by atoms with E-state index in [0.717, 1.165) is 41.9 Å². The molecular weight excluding hydrogens is 574 g/mol. The number of aldehydes is 1. The maximum absolute atomic E-state index is 12.9. The number of ether oxygens (including phenoxy) is 4. The third-order valence-electron chi connectivity index (χ3n) is 7.78. The smallest absolute Gasteiger partial charge is 0.352 e. The Morgan fingerprint density at radius 3 is 2.33 bits per heavy atom. The monoisotopic (exact) mass is 615 g/mol. The van der Waals surface area contributed by atoms with Gasteiger partial charge in [0.2, 0.25) is 17.8 Å². The van der Waals surface area contributed by atoms with E-state index >= 15 is 0 Å². The molecule has 45 heavy (non-hydrogen) atoms. The van der Waals surface area contributed by atoms with Gasteiger partial charge in [0.25, 0.3) is 0 Å². The van der Waals surface area contributed by atoms with Crippen molar-refractivity contribution in [2.24, 2.45) is 16.8 Å². The second kappa shape index (κ2) is 15.3. The van der Waals surface area contributed by atoms with Gasteiger partial charge in [-0.1, -0.05) is 51.1 Å². The van der Waals surface area contributed by atoms with E-state index in [9.17, 15) is 14.4 Å². The number of esters is 1. The molecule has 238 valence electrons. The number of fused-ring (bicyclic) bond motifs is 1. The fraction of sp³-hybridized carbons (Fsp3) is 0.400. The van der Waals surface area contributed by atoms with E-state index in [1.807, 2.05) is 42.5 Å². The average Bonchev–Trinajstić information content (AvgIpc) is 3.39. The Morgan fingerprint density at radius 2 is 1.73 bits per heavy atom. The van der Waals surface area contributed by atoms with Gasteiger partial charge in [0, 0.05) is 36.8 Å². The van der Waals surface area contributed by atoms with Crippen LogP contribution in [0.15, 0.2) is 53.5 Å². The van der Waals surface area contributed by atoms with Crippen molar-refractivity contribution in [1.82, 2.24) is 9.55 Å². The normalized spacial score (nSPS) is 15.1. The maximum atomic E-state index is 12.9. The van der Waals surface area contributed by atoms with Gasteiger partial charge in [0.05, 0.1) is 37.9 Å². The Morgan fingerprint density at radius 1 is 1.04 bits per heavy atom. The van der Waals surface area contributed by atoms with Gasteiger partial charge in [0.1, 0.15) is 12.1 Å². The molecule has 0 N–H and O–H groups in total. The number of aryl methyl sites for hydroxylation is 1. The highest BCUT2D eigenvalue weighted by molar-refractivity contribution is 6.07. The number of methoxy groups -OCH3 is 2. The van der Waals surface area contributed by atoms with Crippen LogP contribution in [0.2, 0.25) is 0 Å². The van der Waals surface area contributed by atoms with Crippen molar-refractivity contribution >= 4 is 30.0 Å². The van der Waals surface area contributed by atoms with E-state index in [2.05, 4.69) is 16.5 Å². The highest BCUT2D eigenvalue weighted by Crippen LogP contribution is 2.42. The molecule has 3 atom stereocenters. The van der Waals surface area contributed by atoms with Gasteiger partial charge in [-0.15, -0.1) is 0 Å². The van der Waals surface area contributed by atoms with E-state index in [-0.39, 0.29) is 18.3 Å². The molecule has 0 aliphatic heterocycles. The van der Waals surface area contributed by atoms with Gasteiger partial charge < -0.3 is 28.3 Å². The Labute approximate surface area is 264 Å². The molecule has 1 aliphatic rings. The summed E-state index contributed by atoms with van der Waals surface area (Å²) >= 11 is 0. The van der Waals surface area contributed by atoms with Crippen LogP contribution in [0.25, 0.3) is 6.08 Å². The maximum Gasteiger partial charge on any atom is 0.352 e. The van der Waals surface area contributed by atoms with Crippen LogP contribution < -0.4 is 14.2 Å². The lowest BCUT2D eigenvalue weighted by molar-refractivity contribution is -0.151. The van der Waals surface area contributed by atoms with Gasteiger partial charge in [-0.2, -0.15) is 0 Å². The molecule has 1 amide bonds. The first-order chi connectivity index (χ1) is 21.7. The molecule has 10 heteroatoms. The van der Waals surface area contributed by atoms with Gasteiger partial charge >= 0.3 is 5.97 Å². The SMILES string of the molecule is CCCc1nc2c(n1Cc1cc(OC)c(OC(C(=O)OCC)c3ccccc3)c(OC)c1)CC(=NC(=O)C(C)C(C)C=O)C=C2. The van der Waals surface area contributed by atoms with E-state index < -0.39 is 23.9 Å². The van der Waals surface area contributed by atoms with Crippen LogP contribution in [0.4, 0.5) is 0 Å². The van der Waals surface area contributed by atoms with Crippen LogP contribution in [0.1, 0.15) is 68.6 Å². The van der Waals surface area contributed by atoms with Crippen molar-refractivity contribution in [3.8, 4) is 17.2 Å². The summed E-state index contributed by atoms with van der Waals surface area (Å²) in [5.41, 5.74) is 3.88. The summed E-state index contributed by atoms with van der Waals surface area (Å²) in [5, 5.41) is 0. The molecule has 3 aromatic rings. The first kappa shape index (κ1) is 33.2. The summed E-state index contributed by atoms with van der Waals surface area (Å²) in [6, 6.07) is 12.8. The number of hydrogen-bond acceptors (Lipinski definition) is 8. The molecule has 10 nitrogen and oxygen atoms in total. The van der Waals surface area contributed by atoms with Crippen molar-refractivity contribution in [1.29, 1.82) is 0 Å². The van der Waals surface area contributed by atoms with E-state index in [1.165, 1.54) is 14.2 Å². The summed E-state index contributed by atoms with van der Waals surface area (Å²) in [6.45, 7) is 7.93. The Bertz CT molecular complexity index is 1550. The number of aliphatic imine (C=N–C) groups is 1. The summed E-state index contributed by atoms with van der Waals surface area (Å²) < 4.78 is 25.2. The van der Waals surface area contributed by atoms with E-state index in [0.29, 0.717) is 35.7 Å². The molecule has 0 fully saturated rings. The minimum absolute atomic E-state index is 0.209. The lowest BCUT2D eigenvalue weighted by atomic mass is 9.96. The predicted octanol–water partition coefficient (Wildman–Crippen LogP) is 5.59. The number of hydrogen-bond donors (Lipinski definition) is 0. The minimum Gasteiger partial charge on any atom is -0.493 e. The number of rotatable bonds is 14. The lowest BCUT2D eigenvalue weighted by Crippen LogP contribution is -2.22. The number of carbonyl (C=O) groups excluding carboxylic acids is 3. The average molecular weight is 616 g/mol. The third-order valence-corrected chi connectivity index (χ3v) is 7.78. The van der Waals surface area contributed by atoms with Gasteiger partial charge in [-0.05, 0) is 43.2 Å². The third kappa shape index (κ3) is 7.68. The van der Waals surface area contributed by atoms with Crippen LogP contribution in [0.5, 0.6) is 17.2 Å². The summed E-state index contributed by atoms with van der Waals surface area (Å²) in [5.74, 6) is 0.219. The first-order valence-electron chi connectivity index (χ1n) is 15.2. The molecule has 1 aromatic heterocycles. The lowest BCUT2D eigenvalue weighted by Gasteiger charge is -2.22. The Hall–Kier alpha value is -4.73. The standard InChI is InChI=1S/C35H41N3O7/c1-7-12-31-37-27-16-15-26(36-34(40)23(4)22(3)21-39)19-28(27)38(31)20-24-17-29(42-5)33(30(18-24)43-6)45-32(35(41)44-8-2)25-13-10-9-11-14-25/h9-11,13-18,21-23,32H,7-8,12,19-20H2,1-6H3. The van der Waals surface area contributed by atoms with E-state index in [1.54, 1.807) is 32.9 Å². The second-order valence-electron chi connectivity index (χ2n) is 10.9. The van der Waals surface area contributed by atoms with Crippen molar-refractivity contribution in [2.45, 2.75) is 59.6 Å². The Balaban J connectivity index is 1.69. The molecule has 1 aliphatic carbocycles. The van der Waals surface area contributed by atoms with Crippen LogP contribution in [-0.4, -0.2) is 54.3 Å². The number of benzene rings is 2. The number of carbonyl (C=O) groups is 3. The largest absolute Gasteiger partial charge is 0.493 e. The zero-order chi connectivity index (χ0) is 32.5. The molecule has 0 saturated carbocycles. The van der Waals surface area contributed by atoms with Crippen LogP contribution in [0, 0.1) is 11.8 Å². The van der Waals surface area contributed by atoms with Crippen molar-refractivity contribution in [2.75, 3.05) is 20.8 Å². The molecule has 0 radical (unpaired) electrons.